The fourth-order valence-electron chi connectivity index (χ4n) is 2.03. The zero-order valence-corrected chi connectivity index (χ0v) is 11.8. The Labute approximate surface area is 108 Å². The first kappa shape index (κ1) is 14.8. The van der Waals surface area contributed by atoms with Crippen molar-refractivity contribution in [3.8, 4) is 0 Å². The fourth-order valence-corrected chi connectivity index (χ4v) is 3.27. The van der Waals surface area contributed by atoms with Gasteiger partial charge in [0.1, 0.15) is 0 Å². The van der Waals surface area contributed by atoms with E-state index in [1.165, 1.54) is 0 Å². The zero-order valence-electron chi connectivity index (χ0n) is 11.0. The van der Waals surface area contributed by atoms with Crippen molar-refractivity contribution in [1.82, 2.24) is 0 Å². The van der Waals surface area contributed by atoms with Gasteiger partial charge in [-0.2, -0.15) is 11.8 Å². The summed E-state index contributed by atoms with van der Waals surface area (Å²) in [5.74, 6) is 0.385. The molecule has 2 N–H and O–H groups in total. The Kier molecular flexibility index (Phi) is 5.32. The van der Waals surface area contributed by atoms with Crippen LogP contribution in [0.25, 0.3) is 0 Å². The molecule has 0 aromatic heterocycles. The Bertz CT molecular complexity index is 257. The minimum atomic E-state index is -0.713. The van der Waals surface area contributed by atoms with Gasteiger partial charge in [-0.3, -0.25) is 4.79 Å². The molecular formula is C13H24O3S. The van der Waals surface area contributed by atoms with Crippen LogP contribution in [0.2, 0.25) is 0 Å². The molecular weight excluding hydrogens is 236 g/mol. The second-order valence-corrected chi connectivity index (χ2v) is 6.96. The molecule has 0 aliphatic heterocycles. The zero-order chi connectivity index (χ0) is 13.1. The second kappa shape index (κ2) is 6.10. The van der Waals surface area contributed by atoms with E-state index in [1.54, 1.807) is 11.8 Å². The number of carbonyl (C=O) groups is 1. The predicted molar refractivity (Wildman–Crippen MR) is 71.3 cm³/mol. The van der Waals surface area contributed by atoms with Crippen molar-refractivity contribution in [3.05, 3.63) is 0 Å². The van der Waals surface area contributed by atoms with Crippen molar-refractivity contribution in [1.29, 1.82) is 0 Å². The van der Waals surface area contributed by atoms with Crippen LogP contribution in [0.5, 0.6) is 0 Å². The maximum absolute atomic E-state index is 10.8. The Morgan fingerprint density at radius 3 is 2.29 bits per heavy atom. The van der Waals surface area contributed by atoms with Crippen LogP contribution in [0.1, 0.15) is 46.5 Å². The maximum atomic E-state index is 10.8. The van der Waals surface area contributed by atoms with Crippen molar-refractivity contribution in [3.63, 3.8) is 0 Å². The first-order valence-electron chi connectivity index (χ1n) is 6.41. The molecule has 1 unspecified atom stereocenters. The summed E-state index contributed by atoms with van der Waals surface area (Å²) in [5, 5.41) is 19.8. The largest absolute Gasteiger partial charge is 0.481 e. The summed E-state index contributed by atoms with van der Waals surface area (Å²) in [6.07, 6.45) is 2.48. The van der Waals surface area contributed by atoms with Gasteiger partial charge in [0.25, 0.3) is 0 Å². The predicted octanol–water partition coefficient (Wildman–Crippen LogP) is 2.77. The van der Waals surface area contributed by atoms with E-state index in [4.69, 9.17) is 5.11 Å². The lowest BCUT2D eigenvalue weighted by atomic mass is 9.80. The molecule has 17 heavy (non-hydrogen) atoms. The molecule has 0 aromatic carbocycles. The molecule has 0 bridgehead atoms. The van der Waals surface area contributed by atoms with E-state index in [0.29, 0.717) is 36.9 Å². The standard InChI is InChI=1S/C13H24O3S/c1-9(2)10(3)17-8-13(16)6-4-11(5-7-13)12(14)15/h9-11,16H,4-8H2,1-3H3,(H,14,15). The average molecular weight is 260 g/mol. The quantitative estimate of drug-likeness (QED) is 0.798. The normalized spacial score (nSPS) is 31.5. The van der Waals surface area contributed by atoms with E-state index in [-0.39, 0.29) is 5.92 Å². The lowest BCUT2D eigenvalue weighted by Gasteiger charge is -2.35. The van der Waals surface area contributed by atoms with E-state index in [9.17, 15) is 9.90 Å². The molecule has 0 spiro atoms. The summed E-state index contributed by atoms with van der Waals surface area (Å²) in [6, 6.07) is 0. The number of hydrogen-bond acceptors (Lipinski definition) is 3. The molecule has 3 nitrogen and oxygen atoms in total. The molecule has 1 fully saturated rings. The molecule has 4 heteroatoms. The fraction of sp³-hybridized carbons (Fsp3) is 0.923. The van der Waals surface area contributed by atoms with Crippen LogP contribution in [0.15, 0.2) is 0 Å². The lowest BCUT2D eigenvalue weighted by Crippen LogP contribution is -2.38. The van der Waals surface area contributed by atoms with Gasteiger partial charge in [0.05, 0.1) is 11.5 Å². The van der Waals surface area contributed by atoms with Crippen molar-refractivity contribution >= 4 is 17.7 Å². The molecule has 0 radical (unpaired) electrons. The number of thioether (sulfide) groups is 1. The summed E-state index contributed by atoms with van der Waals surface area (Å²) in [5.41, 5.74) is -0.639. The number of hydrogen-bond donors (Lipinski definition) is 2. The highest BCUT2D eigenvalue weighted by atomic mass is 32.2. The highest BCUT2D eigenvalue weighted by Crippen LogP contribution is 2.36. The molecule has 1 rings (SSSR count). The summed E-state index contributed by atoms with van der Waals surface area (Å²) in [4.78, 5) is 10.8. The van der Waals surface area contributed by atoms with E-state index in [0.717, 1.165) is 5.75 Å². The lowest BCUT2D eigenvalue weighted by molar-refractivity contribution is -0.144. The van der Waals surface area contributed by atoms with Gasteiger partial charge >= 0.3 is 5.97 Å². The topological polar surface area (TPSA) is 57.5 Å². The van der Waals surface area contributed by atoms with Crippen LogP contribution in [-0.2, 0) is 4.79 Å². The Balaban J connectivity index is 2.37. The van der Waals surface area contributed by atoms with E-state index >= 15 is 0 Å². The maximum Gasteiger partial charge on any atom is 0.306 e. The van der Waals surface area contributed by atoms with Crippen LogP contribution >= 0.6 is 11.8 Å². The number of carboxylic acids is 1. The van der Waals surface area contributed by atoms with Crippen molar-refractivity contribution in [2.45, 2.75) is 57.3 Å². The molecule has 1 aliphatic rings. The van der Waals surface area contributed by atoms with Crippen molar-refractivity contribution in [2.24, 2.45) is 11.8 Å². The monoisotopic (exact) mass is 260 g/mol. The van der Waals surface area contributed by atoms with Crippen LogP contribution in [0, 0.1) is 11.8 Å². The minimum Gasteiger partial charge on any atom is -0.481 e. The van der Waals surface area contributed by atoms with Gasteiger partial charge < -0.3 is 10.2 Å². The van der Waals surface area contributed by atoms with Gasteiger partial charge in [-0.1, -0.05) is 20.8 Å². The van der Waals surface area contributed by atoms with Crippen molar-refractivity contribution in [2.75, 3.05) is 5.75 Å². The summed E-state index contributed by atoms with van der Waals surface area (Å²) >= 11 is 1.80. The molecule has 0 amide bonds. The summed E-state index contributed by atoms with van der Waals surface area (Å²) in [7, 11) is 0. The molecule has 1 aliphatic carbocycles. The summed E-state index contributed by atoms with van der Waals surface area (Å²) < 4.78 is 0. The number of rotatable bonds is 5. The average Bonchev–Trinajstić information content (AvgIpc) is 2.26. The molecule has 0 aromatic rings. The smallest absolute Gasteiger partial charge is 0.306 e. The third-order valence-corrected chi connectivity index (χ3v) is 5.59. The summed E-state index contributed by atoms with van der Waals surface area (Å²) in [6.45, 7) is 6.55. The van der Waals surface area contributed by atoms with Crippen LogP contribution in [-0.4, -0.2) is 32.8 Å². The highest BCUT2D eigenvalue weighted by Gasteiger charge is 2.36. The van der Waals surface area contributed by atoms with Crippen LogP contribution < -0.4 is 0 Å². The van der Waals surface area contributed by atoms with E-state index in [2.05, 4.69) is 20.8 Å². The van der Waals surface area contributed by atoms with Gasteiger partial charge in [0.2, 0.25) is 0 Å². The van der Waals surface area contributed by atoms with E-state index in [1.807, 2.05) is 0 Å². The second-order valence-electron chi connectivity index (χ2n) is 5.60. The van der Waals surface area contributed by atoms with Gasteiger partial charge in [0.15, 0.2) is 0 Å². The number of aliphatic hydroxyl groups is 1. The van der Waals surface area contributed by atoms with Gasteiger partial charge in [-0.05, 0) is 31.6 Å². The van der Waals surface area contributed by atoms with Gasteiger partial charge in [0, 0.05) is 11.0 Å². The highest BCUT2D eigenvalue weighted by molar-refractivity contribution is 7.99. The Morgan fingerprint density at radius 2 is 1.88 bits per heavy atom. The molecule has 1 saturated carbocycles. The Hall–Kier alpha value is -0.220. The van der Waals surface area contributed by atoms with Crippen LogP contribution in [0.3, 0.4) is 0 Å². The van der Waals surface area contributed by atoms with Crippen LogP contribution in [0.4, 0.5) is 0 Å². The molecule has 0 heterocycles. The Morgan fingerprint density at radius 1 is 1.35 bits per heavy atom. The first-order valence-corrected chi connectivity index (χ1v) is 7.46. The minimum absolute atomic E-state index is 0.247. The number of carboxylic acid groups (broad SMARTS) is 1. The van der Waals surface area contributed by atoms with Crippen molar-refractivity contribution < 1.29 is 15.0 Å². The van der Waals surface area contributed by atoms with E-state index < -0.39 is 11.6 Å². The van der Waals surface area contributed by atoms with Gasteiger partial charge in [-0.25, -0.2) is 0 Å². The first-order chi connectivity index (χ1) is 7.84. The molecule has 1 atom stereocenters. The third kappa shape index (κ3) is 4.51. The number of aliphatic carboxylic acids is 1. The molecule has 100 valence electrons. The third-order valence-electron chi connectivity index (χ3n) is 3.82. The molecule has 0 saturated heterocycles. The van der Waals surface area contributed by atoms with Gasteiger partial charge in [-0.15, -0.1) is 0 Å². The SMILES string of the molecule is CC(C)C(C)SCC1(O)CCC(C(=O)O)CC1.